The molecule has 4 heteroatoms. The van der Waals surface area contributed by atoms with Crippen LogP contribution in [0.3, 0.4) is 0 Å². The topological polar surface area (TPSA) is 12.0 Å². The molecule has 0 aromatic heterocycles. The van der Waals surface area contributed by atoms with Gasteiger partial charge in [0.1, 0.15) is 5.82 Å². The largest absolute Gasteiger partial charge is 0.379 e. The zero-order valence-electron chi connectivity index (χ0n) is 10.5. The van der Waals surface area contributed by atoms with Crippen LogP contribution in [0.4, 0.5) is 18.9 Å². The lowest BCUT2D eigenvalue weighted by molar-refractivity contribution is 0.151. The SMILES string of the molecule is Cc1ccc(NCc2ccc(C(F)F)cc2)c(F)c1. The third kappa shape index (κ3) is 3.50. The van der Waals surface area contributed by atoms with Crippen LogP contribution >= 0.6 is 0 Å². The number of aryl methyl sites for hydroxylation is 1. The lowest BCUT2D eigenvalue weighted by Gasteiger charge is -2.09. The Bertz CT molecular complexity index is 550. The van der Waals surface area contributed by atoms with Crippen LogP contribution in [0, 0.1) is 12.7 Å². The highest BCUT2D eigenvalue weighted by Gasteiger charge is 2.06. The molecule has 2 rings (SSSR count). The molecule has 0 saturated heterocycles. The molecule has 0 heterocycles. The second kappa shape index (κ2) is 5.78. The first-order valence-corrected chi connectivity index (χ1v) is 5.93. The minimum atomic E-state index is -2.46. The molecule has 0 fully saturated rings. The maximum absolute atomic E-state index is 13.6. The summed E-state index contributed by atoms with van der Waals surface area (Å²) >= 11 is 0. The van der Waals surface area contributed by atoms with Gasteiger partial charge in [0, 0.05) is 12.1 Å². The summed E-state index contributed by atoms with van der Waals surface area (Å²) in [6.45, 7) is 2.21. The van der Waals surface area contributed by atoms with Crippen molar-refractivity contribution in [3.8, 4) is 0 Å². The highest BCUT2D eigenvalue weighted by molar-refractivity contribution is 5.46. The molecule has 0 aliphatic carbocycles. The van der Waals surface area contributed by atoms with Gasteiger partial charge in [0.2, 0.25) is 0 Å². The van der Waals surface area contributed by atoms with Crippen LogP contribution in [-0.2, 0) is 6.54 Å². The Morgan fingerprint density at radius 1 is 1.05 bits per heavy atom. The van der Waals surface area contributed by atoms with Gasteiger partial charge in [-0.05, 0) is 30.2 Å². The number of nitrogens with one attached hydrogen (secondary N) is 1. The number of benzene rings is 2. The summed E-state index contributed by atoms with van der Waals surface area (Å²) in [7, 11) is 0. The van der Waals surface area contributed by atoms with E-state index in [9.17, 15) is 13.2 Å². The van der Waals surface area contributed by atoms with E-state index in [1.54, 1.807) is 18.2 Å². The van der Waals surface area contributed by atoms with Crippen LogP contribution in [0.5, 0.6) is 0 Å². The molecule has 0 unspecified atom stereocenters. The number of rotatable bonds is 4. The Kier molecular flexibility index (Phi) is 4.10. The summed E-state index contributed by atoms with van der Waals surface area (Å²) in [5, 5.41) is 2.94. The molecule has 0 bridgehead atoms. The maximum atomic E-state index is 13.6. The third-order valence-corrected chi connectivity index (χ3v) is 2.84. The van der Waals surface area contributed by atoms with E-state index in [0.717, 1.165) is 11.1 Å². The molecular formula is C15H14F3N. The quantitative estimate of drug-likeness (QED) is 0.846. The standard InChI is InChI=1S/C15H14F3N/c1-10-2-7-14(13(16)8-10)19-9-11-3-5-12(6-4-11)15(17)18/h2-8,15,19H,9H2,1H3. The molecular weight excluding hydrogens is 251 g/mol. The first-order valence-electron chi connectivity index (χ1n) is 5.93. The minimum absolute atomic E-state index is 0.00901. The van der Waals surface area contributed by atoms with E-state index in [1.807, 2.05) is 13.0 Å². The molecule has 1 nitrogen and oxygen atoms in total. The lowest BCUT2D eigenvalue weighted by Crippen LogP contribution is -2.01. The van der Waals surface area contributed by atoms with Gasteiger partial charge in [0.25, 0.3) is 6.43 Å². The number of hydrogen-bond donors (Lipinski definition) is 1. The van der Waals surface area contributed by atoms with Gasteiger partial charge in [-0.25, -0.2) is 13.2 Å². The van der Waals surface area contributed by atoms with Gasteiger partial charge in [-0.1, -0.05) is 30.3 Å². The summed E-state index contributed by atoms with van der Waals surface area (Å²) in [6.07, 6.45) is -2.46. The number of alkyl halides is 2. The van der Waals surface area contributed by atoms with E-state index < -0.39 is 6.43 Å². The molecule has 2 aromatic rings. The second-order valence-electron chi connectivity index (χ2n) is 4.38. The number of hydrogen-bond acceptors (Lipinski definition) is 1. The molecule has 0 atom stereocenters. The minimum Gasteiger partial charge on any atom is -0.379 e. The van der Waals surface area contributed by atoms with Crippen LogP contribution in [0.2, 0.25) is 0 Å². The van der Waals surface area contributed by atoms with E-state index in [1.165, 1.54) is 18.2 Å². The van der Waals surface area contributed by atoms with Crippen molar-refractivity contribution in [1.29, 1.82) is 0 Å². The van der Waals surface area contributed by atoms with Crippen LogP contribution in [0.25, 0.3) is 0 Å². The normalized spacial score (nSPS) is 10.8. The number of anilines is 1. The van der Waals surface area contributed by atoms with Crippen LogP contribution in [0.1, 0.15) is 23.1 Å². The van der Waals surface area contributed by atoms with E-state index in [0.29, 0.717) is 12.2 Å². The van der Waals surface area contributed by atoms with E-state index in [2.05, 4.69) is 5.32 Å². The fraction of sp³-hybridized carbons (Fsp3) is 0.200. The van der Waals surface area contributed by atoms with Crippen molar-refractivity contribution in [3.63, 3.8) is 0 Å². The zero-order valence-corrected chi connectivity index (χ0v) is 10.5. The molecule has 19 heavy (non-hydrogen) atoms. The lowest BCUT2D eigenvalue weighted by atomic mass is 10.1. The van der Waals surface area contributed by atoms with Gasteiger partial charge in [-0.2, -0.15) is 0 Å². The van der Waals surface area contributed by atoms with Crippen molar-refractivity contribution in [2.24, 2.45) is 0 Å². The fourth-order valence-electron chi connectivity index (χ4n) is 1.74. The first kappa shape index (κ1) is 13.5. The van der Waals surface area contributed by atoms with E-state index >= 15 is 0 Å². The van der Waals surface area contributed by atoms with Gasteiger partial charge >= 0.3 is 0 Å². The van der Waals surface area contributed by atoms with Crippen molar-refractivity contribution in [2.75, 3.05) is 5.32 Å². The van der Waals surface area contributed by atoms with Gasteiger partial charge in [0.15, 0.2) is 0 Å². The zero-order chi connectivity index (χ0) is 13.8. The third-order valence-electron chi connectivity index (χ3n) is 2.84. The maximum Gasteiger partial charge on any atom is 0.263 e. The van der Waals surface area contributed by atoms with Crippen molar-refractivity contribution < 1.29 is 13.2 Å². The Hall–Kier alpha value is -1.97. The predicted octanol–water partition coefficient (Wildman–Crippen LogP) is 4.68. The van der Waals surface area contributed by atoms with E-state index in [-0.39, 0.29) is 11.4 Å². The van der Waals surface area contributed by atoms with Crippen molar-refractivity contribution in [2.45, 2.75) is 19.9 Å². The Morgan fingerprint density at radius 3 is 2.32 bits per heavy atom. The molecule has 0 amide bonds. The monoisotopic (exact) mass is 265 g/mol. The van der Waals surface area contributed by atoms with Gasteiger partial charge in [0.05, 0.1) is 5.69 Å². The first-order chi connectivity index (χ1) is 9.06. The summed E-state index contributed by atoms with van der Waals surface area (Å²) < 4.78 is 38.3. The van der Waals surface area contributed by atoms with Crippen molar-refractivity contribution in [3.05, 3.63) is 65.0 Å². The Labute approximate surface area is 110 Å². The highest BCUT2D eigenvalue weighted by atomic mass is 19.3. The molecule has 0 radical (unpaired) electrons. The Morgan fingerprint density at radius 2 is 1.74 bits per heavy atom. The Balaban J connectivity index is 2.02. The second-order valence-corrected chi connectivity index (χ2v) is 4.38. The van der Waals surface area contributed by atoms with Crippen LogP contribution in [-0.4, -0.2) is 0 Å². The van der Waals surface area contributed by atoms with Crippen LogP contribution < -0.4 is 5.32 Å². The molecule has 0 aliphatic heterocycles. The molecule has 2 aromatic carbocycles. The average molecular weight is 265 g/mol. The molecule has 0 saturated carbocycles. The fourth-order valence-corrected chi connectivity index (χ4v) is 1.74. The van der Waals surface area contributed by atoms with E-state index in [4.69, 9.17) is 0 Å². The summed E-state index contributed by atoms with van der Waals surface area (Å²) in [5.74, 6) is -0.316. The average Bonchev–Trinajstić information content (AvgIpc) is 2.38. The predicted molar refractivity (Wildman–Crippen MR) is 69.9 cm³/mol. The van der Waals surface area contributed by atoms with Gasteiger partial charge in [-0.15, -0.1) is 0 Å². The number of halogens is 3. The molecule has 0 spiro atoms. The van der Waals surface area contributed by atoms with Crippen molar-refractivity contribution in [1.82, 2.24) is 0 Å². The summed E-state index contributed by atoms with van der Waals surface area (Å²) in [6, 6.07) is 10.9. The molecule has 1 N–H and O–H groups in total. The van der Waals surface area contributed by atoms with Gasteiger partial charge in [-0.3, -0.25) is 0 Å². The van der Waals surface area contributed by atoms with Crippen LogP contribution in [0.15, 0.2) is 42.5 Å². The summed E-state index contributed by atoms with van der Waals surface area (Å²) in [5.41, 5.74) is 2.07. The molecule has 100 valence electrons. The molecule has 0 aliphatic rings. The van der Waals surface area contributed by atoms with Crippen molar-refractivity contribution >= 4 is 5.69 Å². The smallest absolute Gasteiger partial charge is 0.263 e. The highest BCUT2D eigenvalue weighted by Crippen LogP contribution is 2.20. The summed E-state index contributed by atoms with van der Waals surface area (Å²) in [4.78, 5) is 0. The van der Waals surface area contributed by atoms with Gasteiger partial charge < -0.3 is 5.32 Å².